The van der Waals surface area contributed by atoms with Crippen LogP contribution in [0.3, 0.4) is 0 Å². The summed E-state index contributed by atoms with van der Waals surface area (Å²) in [6, 6.07) is 2.76. The molecule has 0 radical (unpaired) electrons. The zero-order valence-corrected chi connectivity index (χ0v) is 9.60. The molecule has 0 fully saturated rings. The van der Waals surface area contributed by atoms with Crippen molar-refractivity contribution < 1.29 is 19.1 Å². The first-order chi connectivity index (χ1) is 7.99. The van der Waals surface area contributed by atoms with Gasteiger partial charge in [0.2, 0.25) is 5.91 Å². The molecule has 0 aliphatic rings. The maximum absolute atomic E-state index is 11.5. The Balaban J connectivity index is 2.31. The van der Waals surface area contributed by atoms with E-state index in [4.69, 9.17) is 15.3 Å². The number of aryl methyl sites for hydroxylation is 1. The van der Waals surface area contributed by atoms with Crippen LogP contribution >= 0.6 is 0 Å². The van der Waals surface area contributed by atoms with Gasteiger partial charge in [-0.15, -0.1) is 0 Å². The smallest absolute Gasteiger partial charge is 0.303 e. The van der Waals surface area contributed by atoms with Crippen molar-refractivity contribution in [3.63, 3.8) is 0 Å². The van der Waals surface area contributed by atoms with Gasteiger partial charge in [-0.25, -0.2) is 0 Å². The van der Waals surface area contributed by atoms with Crippen molar-refractivity contribution in [3.8, 4) is 0 Å². The highest BCUT2D eigenvalue weighted by Gasteiger charge is 2.14. The molecule has 1 aromatic heterocycles. The Kier molecular flexibility index (Phi) is 4.71. The van der Waals surface area contributed by atoms with Crippen LogP contribution in [0.1, 0.15) is 24.4 Å². The molecule has 0 spiro atoms. The lowest BCUT2D eigenvalue weighted by Crippen LogP contribution is -2.40. The second-order valence-corrected chi connectivity index (χ2v) is 3.77. The lowest BCUT2D eigenvalue weighted by atomic mass is 10.1. The second-order valence-electron chi connectivity index (χ2n) is 3.77. The molecular weight excluding hydrogens is 224 g/mol. The normalized spacial score (nSPS) is 12.1. The SMILES string of the molecule is Cc1ccc(CNC(=O)C(N)CCC(=O)O)o1. The van der Waals surface area contributed by atoms with Gasteiger partial charge in [-0.3, -0.25) is 9.59 Å². The largest absolute Gasteiger partial charge is 0.481 e. The molecular formula is C11H16N2O4. The van der Waals surface area contributed by atoms with Crippen molar-refractivity contribution in [3.05, 3.63) is 23.7 Å². The van der Waals surface area contributed by atoms with Gasteiger partial charge in [-0.1, -0.05) is 0 Å². The molecule has 94 valence electrons. The number of aliphatic carboxylic acids is 1. The standard InChI is InChI=1S/C11H16N2O4/c1-7-2-3-8(17-7)6-13-11(16)9(12)4-5-10(14)15/h2-3,9H,4-6,12H2,1H3,(H,13,16)(H,14,15). The monoisotopic (exact) mass is 240 g/mol. The summed E-state index contributed by atoms with van der Waals surface area (Å²) in [4.78, 5) is 21.8. The Hall–Kier alpha value is -1.82. The molecule has 1 unspecified atom stereocenters. The van der Waals surface area contributed by atoms with Gasteiger partial charge in [-0.05, 0) is 25.5 Å². The fraction of sp³-hybridized carbons (Fsp3) is 0.455. The summed E-state index contributed by atoms with van der Waals surface area (Å²) in [7, 11) is 0. The lowest BCUT2D eigenvalue weighted by molar-refractivity contribution is -0.137. The third-order valence-corrected chi connectivity index (χ3v) is 2.24. The first kappa shape index (κ1) is 13.2. The number of nitrogens with one attached hydrogen (secondary N) is 1. The highest BCUT2D eigenvalue weighted by Crippen LogP contribution is 2.05. The summed E-state index contributed by atoms with van der Waals surface area (Å²) in [6.45, 7) is 2.07. The number of carboxylic acids is 1. The second kappa shape index (κ2) is 6.05. The van der Waals surface area contributed by atoms with E-state index in [1.54, 1.807) is 12.1 Å². The summed E-state index contributed by atoms with van der Waals surface area (Å²) in [6.07, 6.45) is 0.00674. The third-order valence-electron chi connectivity index (χ3n) is 2.24. The van der Waals surface area contributed by atoms with E-state index < -0.39 is 12.0 Å². The minimum absolute atomic E-state index is 0.117. The zero-order chi connectivity index (χ0) is 12.8. The van der Waals surface area contributed by atoms with Crippen molar-refractivity contribution in [2.24, 2.45) is 5.73 Å². The van der Waals surface area contributed by atoms with Crippen LogP contribution in [-0.2, 0) is 16.1 Å². The number of hydrogen-bond acceptors (Lipinski definition) is 4. The molecule has 0 aromatic carbocycles. The number of rotatable bonds is 6. The quantitative estimate of drug-likeness (QED) is 0.667. The van der Waals surface area contributed by atoms with Crippen LogP contribution in [0.15, 0.2) is 16.5 Å². The van der Waals surface area contributed by atoms with E-state index in [0.717, 1.165) is 5.76 Å². The molecule has 0 saturated heterocycles. The summed E-state index contributed by atoms with van der Waals surface area (Å²) in [5.74, 6) is 0.0703. The Morgan fingerprint density at radius 3 is 2.76 bits per heavy atom. The highest BCUT2D eigenvalue weighted by molar-refractivity contribution is 5.82. The molecule has 1 aromatic rings. The molecule has 6 heteroatoms. The Bertz CT molecular complexity index is 400. The van der Waals surface area contributed by atoms with Gasteiger partial charge >= 0.3 is 5.97 Å². The van der Waals surface area contributed by atoms with Gasteiger partial charge in [-0.2, -0.15) is 0 Å². The van der Waals surface area contributed by atoms with E-state index in [9.17, 15) is 9.59 Å². The summed E-state index contributed by atoms with van der Waals surface area (Å²) in [5.41, 5.74) is 5.53. The molecule has 0 aliphatic carbocycles. The number of carbonyl (C=O) groups is 2. The number of carbonyl (C=O) groups excluding carboxylic acids is 1. The maximum Gasteiger partial charge on any atom is 0.303 e. The van der Waals surface area contributed by atoms with Gasteiger partial charge in [0, 0.05) is 6.42 Å². The molecule has 17 heavy (non-hydrogen) atoms. The predicted octanol–water partition coefficient (Wildman–Crippen LogP) is 0.396. The van der Waals surface area contributed by atoms with Gasteiger partial charge in [0.1, 0.15) is 11.5 Å². The van der Waals surface area contributed by atoms with Crippen LogP contribution in [-0.4, -0.2) is 23.0 Å². The molecule has 1 amide bonds. The van der Waals surface area contributed by atoms with Crippen LogP contribution in [0, 0.1) is 6.92 Å². The van der Waals surface area contributed by atoms with Gasteiger partial charge in [0.25, 0.3) is 0 Å². The van der Waals surface area contributed by atoms with Crippen LogP contribution in [0.2, 0.25) is 0 Å². The van der Waals surface area contributed by atoms with Crippen molar-refractivity contribution in [2.45, 2.75) is 32.4 Å². The van der Waals surface area contributed by atoms with Crippen molar-refractivity contribution in [1.82, 2.24) is 5.32 Å². The van der Waals surface area contributed by atoms with Crippen LogP contribution in [0.4, 0.5) is 0 Å². The molecule has 0 bridgehead atoms. The third kappa shape index (κ3) is 4.69. The molecule has 0 saturated carbocycles. The van der Waals surface area contributed by atoms with Gasteiger partial charge in [0.15, 0.2) is 0 Å². The Morgan fingerprint density at radius 2 is 2.24 bits per heavy atom. The Morgan fingerprint density at radius 1 is 1.53 bits per heavy atom. The van der Waals surface area contributed by atoms with E-state index in [1.807, 2.05) is 6.92 Å². The number of amides is 1. The predicted molar refractivity (Wildman–Crippen MR) is 60.1 cm³/mol. The molecule has 4 N–H and O–H groups in total. The van der Waals surface area contributed by atoms with Crippen molar-refractivity contribution in [1.29, 1.82) is 0 Å². The number of nitrogens with two attached hydrogens (primary N) is 1. The Labute approximate surface area is 98.8 Å². The van der Waals surface area contributed by atoms with Crippen LogP contribution in [0.5, 0.6) is 0 Å². The number of hydrogen-bond donors (Lipinski definition) is 3. The van der Waals surface area contributed by atoms with Crippen molar-refractivity contribution >= 4 is 11.9 Å². The first-order valence-electron chi connectivity index (χ1n) is 5.29. The van der Waals surface area contributed by atoms with Gasteiger partial charge < -0.3 is 20.6 Å². The van der Waals surface area contributed by atoms with E-state index in [-0.39, 0.29) is 25.3 Å². The van der Waals surface area contributed by atoms with Crippen LogP contribution < -0.4 is 11.1 Å². The molecule has 0 aliphatic heterocycles. The minimum atomic E-state index is -0.963. The molecule has 1 atom stereocenters. The number of furan rings is 1. The molecule has 6 nitrogen and oxygen atoms in total. The van der Waals surface area contributed by atoms with Crippen LogP contribution in [0.25, 0.3) is 0 Å². The van der Waals surface area contributed by atoms with E-state index in [0.29, 0.717) is 5.76 Å². The van der Waals surface area contributed by atoms with Crippen molar-refractivity contribution in [2.75, 3.05) is 0 Å². The molecule has 1 rings (SSSR count). The summed E-state index contributed by atoms with van der Waals surface area (Å²) in [5, 5.41) is 11.0. The average molecular weight is 240 g/mol. The van der Waals surface area contributed by atoms with E-state index in [1.165, 1.54) is 0 Å². The number of carboxylic acid groups (broad SMARTS) is 1. The lowest BCUT2D eigenvalue weighted by Gasteiger charge is -2.09. The van der Waals surface area contributed by atoms with Gasteiger partial charge in [0.05, 0.1) is 12.6 Å². The first-order valence-corrected chi connectivity index (χ1v) is 5.29. The maximum atomic E-state index is 11.5. The summed E-state index contributed by atoms with van der Waals surface area (Å²) >= 11 is 0. The fourth-order valence-corrected chi connectivity index (χ4v) is 1.30. The topological polar surface area (TPSA) is 106 Å². The molecule has 1 heterocycles. The summed E-state index contributed by atoms with van der Waals surface area (Å²) < 4.78 is 5.26. The average Bonchev–Trinajstić information content (AvgIpc) is 2.68. The highest BCUT2D eigenvalue weighted by atomic mass is 16.4. The van der Waals surface area contributed by atoms with E-state index >= 15 is 0 Å². The minimum Gasteiger partial charge on any atom is -0.481 e. The zero-order valence-electron chi connectivity index (χ0n) is 9.60. The fourth-order valence-electron chi connectivity index (χ4n) is 1.30. The van der Waals surface area contributed by atoms with E-state index in [2.05, 4.69) is 5.32 Å².